The van der Waals surface area contributed by atoms with E-state index in [1.807, 2.05) is 5.43 Å². The lowest BCUT2D eigenvalue weighted by atomic mass is 10.2. The molecule has 23 heavy (non-hydrogen) atoms. The van der Waals surface area contributed by atoms with E-state index in [1.54, 1.807) is 24.3 Å². The van der Waals surface area contributed by atoms with Crippen LogP contribution >= 0.6 is 23.8 Å². The molecule has 122 valence electrons. The zero-order valence-corrected chi connectivity index (χ0v) is 13.2. The number of hydrazine groups is 1. The van der Waals surface area contributed by atoms with E-state index in [0.29, 0.717) is 10.7 Å². The normalized spacial score (nSPS) is 10.3. The second-order valence-corrected chi connectivity index (χ2v) is 5.31. The third-order valence-electron chi connectivity index (χ3n) is 2.89. The lowest BCUT2D eigenvalue weighted by Crippen LogP contribution is -2.34. The maximum atomic E-state index is 13.7. The van der Waals surface area contributed by atoms with E-state index < -0.39 is 34.5 Å². The van der Waals surface area contributed by atoms with Crippen molar-refractivity contribution in [2.24, 2.45) is 0 Å². The molecule has 0 aliphatic heterocycles. The summed E-state index contributed by atoms with van der Waals surface area (Å²) < 4.78 is 54.2. The van der Waals surface area contributed by atoms with Crippen LogP contribution in [0, 0.1) is 30.2 Å². The minimum atomic E-state index is -1.55. The molecule has 0 spiro atoms. The number of hydrogen-bond acceptors (Lipinski definition) is 2. The summed E-state index contributed by atoms with van der Waals surface area (Å²) in [4.78, 5) is 0. The van der Waals surface area contributed by atoms with Crippen molar-refractivity contribution >= 4 is 40.3 Å². The third kappa shape index (κ3) is 3.83. The minimum absolute atomic E-state index is 0.0764. The van der Waals surface area contributed by atoms with Crippen molar-refractivity contribution < 1.29 is 17.6 Å². The van der Waals surface area contributed by atoms with E-state index in [-0.39, 0.29) is 5.11 Å². The first-order chi connectivity index (χ1) is 10.8. The van der Waals surface area contributed by atoms with Crippen LogP contribution in [-0.4, -0.2) is 5.11 Å². The van der Waals surface area contributed by atoms with Crippen LogP contribution < -0.4 is 16.2 Å². The van der Waals surface area contributed by atoms with Crippen molar-refractivity contribution in [2.45, 2.75) is 6.92 Å². The van der Waals surface area contributed by atoms with Crippen molar-refractivity contribution in [3.8, 4) is 0 Å². The van der Waals surface area contributed by atoms with Gasteiger partial charge in [0.05, 0.1) is 0 Å². The second kappa shape index (κ2) is 7.01. The average molecular weight is 364 g/mol. The molecule has 0 bridgehead atoms. The van der Waals surface area contributed by atoms with E-state index in [9.17, 15) is 17.6 Å². The second-order valence-electron chi connectivity index (χ2n) is 4.47. The van der Waals surface area contributed by atoms with Crippen LogP contribution in [0.2, 0.25) is 5.02 Å². The first-order valence-corrected chi connectivity index (χ1v) is 7.01. The van der Waals surface area contributed by atoms with Gasteiger partial charge < -0.3 is 5.32 Å². The monoisotopic (exact) mass is 363 g/mol. The summed E-state index contributed by atoms with van der Waals surface area (Å²) in [6, 6.07) is 6.43. The summed E-state index contributed by atoms with van der Waals surface area (Å²) >= 11 is 10.6. The van der Waals surface area contributed by atoms with Gasteiger partial charge in [-0.05, 0) is 43.4 Å². The highest BCUT2D eigenvalue weighted by Crippen LogP contribution is 2.27. The molecule has 0 saturated carbocycles. The van der Waals surface area contributed by atoms with E-state index in [2.05, 4.69) is 10.7 Å². The van der Waals surface area contributed by atoms with Crippen molar-refractivity contribution in [1.82, 2.24) is 5.43 Å². The Morgan fingerprint density at radius 2 is 1.48 bits per heavy atom. The molecule has 3 nitrogen and oxygen atoms in total. The Hall–Kier alpha value is -2.06. The Labute approximate surface area is 139 Å². The molecular formula is C14H10ClF4N3S. The molecule has 0 aromatic heterocycles. The lowest BCUT2D eigenvalue weighted by Gasteiger charge is -2.15. The van der Waals surface area contributed by atoms with Gasteiger partial charge in [0.2, 0.25) is 0 Å². The maximum absolute atomic E-state index is 13.7. The highest BCUT2D eigenvalue weighted by molar-refractivity contribution is 7.80. The molecule has 0 unspecified atom stereocenters. The Balaban J connectivity index is 2.09. The Morgan fingerprint density at radius 1 is 0.957 bits per heavy atom. The summed E-state index contributed by atoms with van der Waals surface area (Å²) in [5.41, 5.74) is 3.05. The summed E-state index contributed by atoms with van der Waals surface area (Å²) in [7, 11) is 0. The van der Waals surface area contributed by atoms with Gasteiger partial charge in [0, 0.05) is 16.3 Å². The van der Waals surface area contributed by atoms with Gasteiger partial charge in [0.25, 0.3) is 0 Å². The Morgan fingerprint density at radius 3 is 2.00 bits per heavy atom. The van der Waals surface area contributed by atoms with Gasteiger partial charge in [-0.15, -0.1) is 0 Å². The molecule has 0 saturated heterocycles. The summed E-state index contributed by atoms with van der Waals surface area (Å²) in [6.07, 6.45) is 0. The summed E-state index contributed by atoms with van der Waals surface area (Å²) in [5.74, 6) is -6.07. The van der Waals surface area contributed by atoms with Crippen molar-refractivity contribution in [1.29, 1.82) is 0 Å². The zero-order chi connectivity index (χ0) is 17.1. The fourth-order valence-corrected chi connectivity index (χ4v) is 1.96. The number of anilines is 2. The largest absolute Gasteiger partial charge is 0.331 e. The van der Waals surface area contributed by atoms with Crippen LogP contribution in [-0.2, 0) is 0 Å². The van der Waals surface area contributed by atoms with Crippen LogP contribution in [0.25, 0.3) is 0 Å². The topological polar surface area (TPSA) is 36.1 Å². The smallest absolute Gasteiger partial charge is 0.189 e. The third-order valence-corrected chi connectivity index (χ3v) is 3.34. The van der Waals surface area contributed by atoms with E-state index >= 15 is 0 Å². The van der Waals surface area contributed by atoms with Crippen LogP contribution in [0.5, 0.6) is 0 Å². The van der Waals surface area contributed by atoms with Crippen LogP contribution in [0.1, 0.15) is 5.56 Å². The fraction of sp³-hybridized carbons (Fsp3) is 0.0714. The molecule has 0 atom stereocenters. The molecule has 0 aliphatic carbocycles. The predicted molar refractivity (Wildman–Crippen MR) is 85.4 cm³/mol. The van der Waals surface area contributed by atoms with Crippen LogP contribution in [0.3, 0.4) is 0 Å². The van der Waals surface area contributed by atoms with Gasteiger partial charge in [-0.1, -0.05) is 11.6 Å². The predicted octanol–water partition coefficient (Wildman–Crippen LogP) is 4.52. The number of halogens is 5. The molecule has 9 heteroatoms. The first kappa shape index (κ1) is 17.3. The molecular weight excluding hydrogens is 354 g/mol. The molecule has 3 N–H and O–H groups in total. The van der Waals surface area contributed by atoms with Crippen molar-refractivity contribution in [3.63, 3.8) is 0 Å². The van der Waals surface area contributed by atoms with E-state index in [0.717, 1.165) is 6.92 Å². The zero-order valence-electron chi connectivity index (χ0n) is 11.6. The fourth-order valence-electron chi connectivity index (χ4n) is 1.67. The van der Waals surface area contributed by atoms with Gasteiger partial charge in [-0.3, -0.25) is 10.9 Å². The van der Waals surface area contributed by atoms with Gasteiger partial charge in [0.1, 0.15) is 5.69 Å². The summed E-state index contributed by atoms with van der Waals surface area (Å²) in [5, 5.41) is 3.13. The maximum Gasteiger partial charge on any atom is 0.189 e. The number of nitrogens with one attached hydrogen (secondary N) is 3. The molecule has 2 aromatic carbocycles. The van der Waals surface area contributed by atoms with E-state index in [1.165, 1.54) is 0 Å². The molecule has 0 amide bonds. The van der Waals surface area contributed by atoms with Gasteiger partial charge in [-0.2, -0.15) is 0 Å². The molecule has 0 fully saturated rings. The Bertz CT molecular complexity index is 724. The van der Waals surface area contributed by atoms with Crippen LogP contribution in [0.15, 0.2) is 24.3 Å². The van der Waals surface area contributed by atoms with Crippen molar-refractivity contribution in [3.05, 3.63) is 58.1 Å². The Kier molecular flexibility index (Phi) is 5.27. The molecule has 0 aliphatic rings. The average Bonchev–Trinajstić information content (AvgIpc) is 2.53. The van der Waals surface area contributed by atoms with Gasteiger partial charge >= 0.3 is 0 Å². The first-order valence-electron chi connectivity index (χ1n) is 6.22. The minimum Gasteiger partial charge on any atom is -0.331 e. The SMILES string of the molecule is Cc1c(F)c(F)c(NNC(=S)Nc2ccc(Cl)cc2)c(F)c1F. The lowest BCUT2D eigenvalue weighted by molar-refractivity contribution is 0.449. The quantitative estimate of drug-likeness (QED) is 0.324. The molecule has 2 rings (SSSR count). The van der Waals surface area contributed by atoms with Crippen molar-refractivity contribution in [2.75, 3.05) is 10.7 Å². The van der Waals surface area contributed by atoms with E-state index in [4.69, 9.17) is 23.8 Å². The van der Waals surface area contributed by atoms with Gasteiger partial charge in [0.15, 0.2) is 28.4 Å². The van der Waals surface area contributed by atoms with Crippen LogP contribution in [0.4, 0.5) is 28.9 Å². The standard InChI is InChI=1S/C14H10ClF4N3S/c1-6-9(16)11(18)13(12(19)10(6)17)21-22-14(23)20-8-4-2-7(15)3-5-8/h2-5,21H,1H3,(H2,20,22,23). The highest BCUT2D eigenvalue weighted by atomic mass is 35.5. The molecule has 2 aromatic rings. The van der Waals surface area contributed by atoms with Gasteiger partial charge in [-0.25, -0.2) is 17.6 Å². The summed E-state index contributed by atoms with van der Waals surface area (Å²) in [6.45, 7) is 0.931. The number of hydrogen-bond donors (Lipinski definition) is 3. The number of thiocarbonyl (C=S) groups is 1. The number of benzene rings is 2. The molecule has 0 heterocycles. The highest BCUT2D eigenvalue weighted by Gasteiger charge is 2.23. The number of rotatable bonds is 3. The molecule has 0 radical (unpaired) electrons.